The lowest BCUT2D eigenvalue weighted by atomic mass is 9.97. The van der Waals surface area contributed by atoms with Gasteiger partial charge in [0.25, 0.3) is 0 Å². The van der Waals surface area contributed by atoms with Crippen LogP contribution >= 0.6 is 0 Å². The van der Waals surface area contributed by atoms with Crippen molar-refractivity contribution in [2.75, 3.05) is 32.7 Å². The van der Waals surface area contributed by atoms with Gasteiger partial charge in [-0.1, -0.05) is 6.92 Å². The quantitative estimate of drug-likeness (QED) is 0.642. The van der Waals surface area contributed by atoms with Crippen LogP contribution in [0.2, 0.25) is 0 Å². The number of carbonyl (C=O) groups is 1. The monoisotopic (exact) mass is 214 g/mol. The van der Waals surface area contributed by atoms with Crippen LogP contribution in [-0.4, -0.2) is 48.7 Å². The second-order valence-electron chi connectivity index (χ2n) is 4.23. The molecule has 1 rings (SSSR count). The molecule has 0 radical (unpaired) electrons. The van der Waals surface area contributed by atoms with Gasteiger partial charge in [0, 0.05) is 6.54 Å². The predicted octanol–water partition coefficient (Wildman–Crippen LogP) is 0.783. The van der Waals surface area contributed by atoms with Gasteiger partial charge in [-0.25, -0.2) is 0 Å². The Morgan fingerprint density at radius 1 is 1.47 bits per heavy atom. The number of hydrogen-bond acceptors (Lipinski definition) is 3. The van der Waals surface area contributed by atoms with Gasteiger partial charge in [-0.15, -0.1) is 0 Å². The lowest BCUT2D eigenvalue weighted by Crippen LogP contribution is -2.37. The third kappa shape index (κ3) is 5.14. The molecule has 1 aliphatic heterocycles. The second-order valence-corrected chi connectivity index (χ2v) is 4.23. The van der Waals surface area contributed by atoms with Gasteiger partial charge in [0.2, 0.25) is 0 Å². The molecule has 1 aliphatic rings. The molecule has 4 nitrogen and oxygen atoms in total. The highest BCUT2D eigenvalue weighted by Crippen LogP contribution is 2.15. The first-order chi connectivity index (χ1) is 7.22. The molecule has 15 heavy (non-hydrogen) atoms. The Morgan fingerprint density at radius 3 is 2.67 bits per heavy atom. The summed E-state index contributed by atoms with van der Waals surface area (Å²) >= 11 is 0. The molecule has 0 saturated carbocycles. The van der Waals surface area contributed by atoms with E-state index < -0.39 is 5.97 Å². The molecule has 0 aromatic rings. The summed E-state index contributed by atoms with van der Waals surface area (Å²) in [4.78, 5) is 12.8. The van der Waals surface area contributed by atoms with Crippen molar-refractivity contribution in [1.82, 2.24) is 10.2 Å². The van der Waals surface area contributed by atoms with E-state index in [2.05, 4.69) is 17.1 Å². The summed E-state index contributed by atoms with van der Waals surface area (Å²) in [7, 11) is 0. The molecule has 0 amide bonds. The van der Waals surface area contributed by atoms with E-state index in [1.165, 1.54) is 25.9 Å². The highest BCUT2D eigenvalue weighted by molar-refractivity contribution is 5.66. The van der Waals surface area contributed by atoms with Gasteiger partial charge >= 0.3 is 5.97 Å². The van der Waals surface area contributed by atoms with Crippen LogP contribution in [0.25, 0.3) is 0 Å². The zero-order valence-corrected chi connectivity index (χ0v) is 9.54. The van der Waals surface area contributed by atoms with Gasteiger partial charge in [0.15, 0.2) is 0 Å². The number of carboxylic acids is 1. The fourth-order valence-electron chi connectivity index (χ4n) is 2.01. The van der Waals surface area contributed by atoms with Gasteiger partial charge in [-0.05, 0) is 44.9 Å². The fourth-order valence-corrected chi connectivity index (χ4v) is 2.01. The first kappa shape index (κ1) is 12.5. The number of aliphatic carboxylic acids is 1. The van der Waals surface area contributed by atoms with Gasteiger partial charge < -0.3 is 15.3 Å². The van der Waals surface area contributed by atoms with Crippen LogP contribution in [0.3, 0.4) is 0 Å². The molecule has 1 fully saturated rings. The summed E-state index contributed by atoms with van der Waals surface area (Å²) in [5.74, 6) is 0.0184. The Morgan fingerprint density at radius 2 is 2.13 bits per heavy atom. The average Bonchev–Trinajstić information content (AvgIpc) is 2.25. The van der Waals surface area contributed by atoms with E-state index >= 15 is 0 Å². The molecule has 4 heteroatoms. The molecular formula is C11H22N2O2. The minimum atomic E-state index is -0.719. The standard InChI is InChI=1S/C11H22N2O2/c1-2-13-7-4-10(5-8-13)9-12-6-3-11(14)15/h10,12H,2-9H2,1H3,(H,14,15). The molecular weight excluding hydrogens is 192 g/mol. The lowest BCUT2D eigenvalue weighted by molar-refractivity contribution is -0.136. The Bertz CT molecular complexity index is 189. The number of nitrogens with one attached hydrogen (secondary N) is 1. The summed E-state index contributed by atoms with van der Waals surface area (Å²) < 4.78 is 0. The maximum atomic E-state index is 10.3. The smallest absolute Gasteiger partial charge is 0.304 e. The van der Waals surface area contributed by atoms with Crippen molar-refractivity contribution < 1.29 is 9.90 Å². The summed E-state index contributed by atoms with van der Waals surface area (Å²) in [6.45, 7) is 7.32. The van der Waals surface area contributed by atoms with E-state index in [1.54, 1.807) is 0 Å². The lowest BCUT2D eigenvalue weighted by Gasteiger charge is -2.31. The van der Waals surface area contributed by atoms with Crippen molar-refractivity contribution in [2.24, 2.45) is 5.92 Å². The van der Waals surface area contributed by atoms with Crippen molar-refractivity contribution in [3.05, 3.63) is 0 Å². The third-order valence-corrected chi connectivity index (χ3v) is 3.10. The van der Waals surface area contributed by atoms with E-state index in [1.807, 2.05) is 0 Å². The summed E-state index contributed by atoms with van der Waals surface area (Å²) in [5, 5.41) is 11.7. The highest BCUT2D eigenvalue weighted by Gasteiger charge is 2.17. The maximum Gasteiger partial charge on any atom is 0.304 e. The number of hydrogen-bond donors (Lipinski definition) is 2. The molecule has 0 bridgehead atoms. The number of piperidine rings is 1. The van der Waals surface area contributed by atoms with Crippen LogP contribution in [0, 0.1) is 5.92 Å². The van der Waals surface area contributed by atoms with Crippen molar-refractivity contribution in [3.8, 4) is 0 Å². The van der Waals surface area contributed by atoms with E-state index in [9.17, 15) is 4.79 Å². The summed E-state index contributed by atoms with van der Waals surface area (Å²) in [5.41, 5.74) is 0. The minimum Gasteiger partial charge on any atom is -0.481 e. The van der Waals surface area contributed by atoms with Crippen molar-refractivity contribution in [3.63, 3.8) is 0 Å². The van der Waals surface area contributed by atoms with Crippen LogP contribution in [0.1, 0.15) is 26.2 Å². The van der Waals surface area contributed by atoms with Crippen LogP contribution in [0.5, 0.6) is 0 Å². The van der Waals surface area contributed by atoms with Gasteiger partial charge in [0.05, 0.1) is 6.42 Å². The Kier molecular flexibility index (Phi) is 5.65. The molecule has 0 aliphatic carbocycles. The van der Waals surface area contributed by atoms with Gasteiger partial charge in [-0.2, -0.15) is 0 Å². The minimum absolute atomic E-state index is 0.230. The summed E-state index contributed by atoms with van der Waals surface area (Å²) in [6.07, 6.45) is 2.72. The molecule has 0 spiro atoms. The van der Waals surface area contributed by atoms with Gasteiger partial charge in [0.1, 0.15) is 0 Å². The predicted molar refractivity (Wildman–Crippen MR) is 60.0 cm³/mol. The molecule has 0 aromatic carbocycles. The van der Waals surface area contributed by atoms with Crippen molar-refractivity contribution >= 4 is 5.97 Å². The number of likely N-dealkylation sites (tertiary alicyclic amines) is 1. The second kappa shape index (κ2) is 6.80. The SMILES string of the molecule is CCN1CCC(CNCCC(=O)O)CC1. The van der Waals surface area contributed by atoms with Crippen molar-refractivity contribution in [1.29, 1.82) is 0 Å². The molecule has 1 saturated heterocycles. The number of rotatable bonds is 6. The fraction of sp³-hybridized carbons (Fsp3) is 0.909. The maximum absolute atomic E-state index is 10.3. The highest BCUT2D eigenvalue weighted by atomic mass is 16.4. The number of carboxylic acid groups (broad SMARTS) is 1. The van der Waals surface area contributed by atoms with Crippen LogP contribution in [0.15, 0.2) is 0 Å². The normalized spacial score (nSPS) is 19.3. The van der Waals surface area contributed by atoms with E-state index in [-0.39, 0.29) is 6.42 Å². The zero-order valence-electron chi connectivity index (χ0n) is 9.54. The van der Waals surface area contributed by atoms with Crippen molar-refractivity contribution in [2.45, 2.75) is 26.2 Å². The van der Waals surface area contributed by atoms with Gasteiger partial charge in [-0.3, -0.25) is 4.79 Å². The molecule has 1 heterocycles. The average molecular weight is 214 g/mol. The molecule has 88 valence electrons. The molecule has 2 N–H and O–H groups in total. The van der Waals surface area contributed by atoms with E-state index in [4.69, 9.17) is 5.11 Å². The summed E-state index contributed by atoms with van der Waals surface area (Å²) in [6, 6.07) is 0. The van der Waals surface area contributed by atoms with Crippen LogP contribution < -0.4 is 5.32 Å². The Balaban J connectivity index is 2.01. The Labute approximate surface area is 91.6 Å². The topological polar surface area (TPSA) is 52.6 Å². The van der Waals surface area contributed by atoms with Crippen LogP contribution in [0.4, 0.5) is 0 Å². The first-order valence-corrected chi connectivity index (χ1v) is 5.87. The van der Waals surface area contributed by atoms with E-state index in [0.29, 0.717) is 6.54 Å². The van der Waals surface area contributed by atoms with Crippen LogP contribution in [-0.2, 0) is 4.79 Å². The molecule has 0 aromatic heterocycles. The third-order valence-electron chi connectivity index (χ3n) is 3.10. The molecule has 0 atom stereocenters. The van der Waals surface area contributed by atoms with E-state index in [0.717, 1.165) is 19.0 Å². The number of nitrogens with zero attached hydrogens (tertiary/aromatic N) is 1. The first-order valence-electron chi connectivity index (χ1n) is 5.87. The largest absolute Gasteiger partial charge is 0.481 e. The molecule has 0 unspecified atom stereocenters. The Hall–Kier alpha value is -0.610. The zero-order chi connectivity index (χ0) is 11.1.